The summed E-state index contributed by atoms with van der Waals surface area (Å²) in [4.78, 5) is 30.3. The number of H-pyrrole nitrogens is 1. The van der Waals surface area contributed by atoms with E-state index in [9.17, 15) is 18.4 Å². The maximum absolute atomic E-state index is 13.4. The van der Waals surface area contributed by atoms with E-state index in [1.54, 1.807) is 19.1 Å². The molecule has 0 saturated heterocycles. The van der Waals surface area contributed by atoms with Gasteiger partial charge in [0.25, 0.3) is 18.2 Å². The van der Waals surface area contributed by atoms with Crippen molar-refractivity contribution < 1.29 is 23.6 Å². The van der Waals surface area contributed by atoms with Crippen molar-refractivity contribution in [2.45, 2.75) is 13.3 Å². The first kappa shape index (κ1) is 23.8. The van der Waals surface area contributed by atoms with E-state index >= 15 is 0 Å². The van der Waals surface area contributed by atoms with Crippen LogP contribution < -0.4 is 10.6 Å². The summed E-state index contributed by atoms with van der Waals surface area (Å²) in [5, 5.41) is 27.7. The van der Waals surface area contributed by atoms with Crippen LogP contribution in [0.5, 0.6) is 0 Å². The van der Waals surface area contributed by atoms with E-state index in [2.05, 4.69) is 36.1 Å². The van der Waals surface area contributed by atoms with Crippen LogP contribution in [0.1, 0.15) is 38.5 Å². The van der Waals surface area contributed by atoms with E-state index in [-0.39, 0.29) is 34.3 Å². The molecule has 4 rings (SSSR count). The Hall–Kier alpha value is -4.39. The third kappa shape index (κ3) is 4.66. The van der Waals surface area contributed by atoms with Crippen LogP contribution >= 0.6 is 11.6 Å². The van der Waals surface area contributed by atoms with Gasteiger partial charge >= 0.3 is 0 Å². The van der Waals surface area contributed by atoms with Crippen LogP contribution in [0.15, 0.2) is 41.8 Å². The Balaban J connectivity index is 1.80. The molecule has 0 unspecified atom stereocenters. The molecular formula is C21H17ClF2N8O3. The number of carbonyl (C=O) groups excluding carboxylic acids is 2. The van der Waals surface area contributed by atoms with Gasteiger partial charge in [-0.25, -0.2) is 18.4 Å². The van der Waals surface area contributed by atoms with Gasteiger partial charge in [0.15, 0.2) is 5.82 Å². The molecule has 11 nitrogen and oxygen atoms in total. The number of aromatic nitrogens is 5. The Labute approximate surface area is 200 Å². The summed E-state index contributed by atoms with van der Waals surface area (Å²) in [7, 11) is 0. The number of halogens is 3. The van der Waals surface area contributed by atoms with Gasteiger partial charge in [0.2, 0.25) is 0 Å². The molecule has 2 amide bonds. The molecule has 3 heterocycles. The van der Waals surface area contributed by atoms with Crippen molar-refractivity contribution in [2.24, 2.45) is 5.16 Å². The average Bonchev–Trinajstić information content (AvgIpc) is 3.47. The number of benzene rings is 1. The summed E-state index contributed by atoms with van der Waals surface area (Å²) in [6, 6.07) is 5.63. The number of aryl methyl sites for hydroxylation is 1. The largest absolute Gasteiger partial charge is 0.411 e. The fourth-order valence-electron chi connectivity index (χ4n) is 3.43. The third-order valence-electron chi connectivity index (χ3n) is 4.96. The van der Waals surface area contributed by atoms with Crippen molar-refractivity contribution >= 4 is 46.2 Å². The molecule has 0 fully saturated rings. The smallest absolute Gasteiger partial charge is 0.282 e. The number of amides is 2. The van der Waals surface area contributed by atoms with Crippen molar-refractivity contribution in [1.29, 1.82) is 0 Å². The zero-order valence-corrected chi connectivity index (χ0v) is 18.7. The van der Waals surface area contributed by atoms with Crippen molar-refractivity contribution in [2.75, 3.05) is 11.9 Å². The first-order valence-electron chi connectivity index (χ1n) is 10.0. The molecule has 4 aromatic rings. The number of aromatic amines is 1. The van der Waals surface area contributed by atoms with Crippen LogP contribution in [0.3, 0.4) is 0 Å². The number of fused-ring (bicyclic) bond motifs is 1. The van der Waals surface area contributed by atoms with Gasteiger partial charge in [-0.05, 0) is 36.8 Å². The zero-order chi connectivity index (χ0) is 25.1. The summed E-state index contributed by atoms with van der Waals surface area (Å²) in [5.41, 5.74) is 0.0719. The van der Waals surface area contributed by atoms with E-state index in [1.165, 1.54) is 18.5 Å². The highest BCUT2D eigenvalue weighted by atomic mass is 35.5. The van der Waals surface area contributed by atoms with Crippen LogP contribution in [-0.4, -0.2) is 54.7 Å². The van der Waals surface area contributed by atoms with Gasteiger partial charge in [0.1, 0.15) is 11.4 Å². The molecule has 0 radical (unpaired) electrons. The third-order valence-corrected chi connectivity index (χ3v) is 5.26. The number of hydrogen-bond donors (Lipinski definition) is 4. The van der Waals surface area contributed by atoms with Crippen molar-refractivity contribution in [3.63, 3.8) is 0 Å². The van der Waals surface area contributed by atoms with Gasteiger partial charge in [-0.15, -0.1) is 5.16 Å². The molecule has 1 aromatic carbocycles. The minimum absolute atomic E-state index is 0.0202. The number of hydrogen-bond acceptors (Lipinski definition) is 7. The molecule has 180 valence electrons. The molecule has 0 aliphatic heterocycles. The molecule has 0 atom stereocenters. The Morgan fingerprint density at radius 1 is 1.34 bits per heavy atom. The molecule has 0 aliphatic rings. The standard InChI is InChI=1S/C21H17ClF2N8O3/c1-10-7-11-9-27-30-17(11)15(21(34)26-5-6-28-35)16(10)29-20(33)14-8-13(18(23)24)31-32(14)19-12(22)3-2-4-25-19/h2-4,6-9,18,35H,5H2,1H3,(H,26,34)(H,27,30)(H,29,33)/b28-6+. The second kappa shape index (κ2) is 9.85. The van der Waals surface area contributed by atoms with Gasteiger partial charge in [-0.3, -0.25) is 14.7 Å². The zero-order valence-electron chi connectivity index (χ0n) is 18.0. The Bertz CT molecular complexity index is 1450. The predicted octanol–water partition coefficient (Wildman–Crippen LogP) is 3.49. The van der Waals surface area contributed by atoms with Crippen LogP contribution in [0.4, 0.5) is 14.5 Å². The van der Waals surface area contributed by atoms with Gasteiger partial charge in [0.05, 0.1) is 40.7 Å². The van der Waals surface area contributed by atoms with E-state index < -0.39 is 23.9 Å². The molecule has 35 heavy (non-hydrogen) atoms. The van der Waals surface area contributed by atoms with Gasteiger partial charge in [-0.1, -0.05) is 11.6 Å². The Kier molecular flexibility index (Phi) is 6.68. The van der Waals surface area contributed by atoms with Gasteiger partial charge in [-0.2, -0.15) is 10.2 Å². The average molecular weight is 503 g/mol. The summed E-state index contributed by atoms with van der Waals surface area (Å²) in [6.45, 7) is 1.57. The van der Waals surface area contributed by atoms with E-state index in [0.717, 1.165) is 17.0 Å². The Morgan fingerprint density at radius 3 is 2.86 bits per heavy atom. The Morgan fingerprint density at radius 2 is 2.14 bits per heavy atom. The molecular weight excluding hydrogens is 486 g/mol. The molecule has 0 saturated carbocycles. The lowest BCUT2D eigenvalue weighted by atomic mass is 10.0. The molecule has 4 N–H and O–H groups in total. The lowest BCUT2D eigenvalue weighted by molar-refractivity contribution is 0.0961. The van der Waals surface area contributed by atoms with Crippen molar-refractivity contribution in [3.8, 4) is 5.82 Å². The highest BCUT2D eigenvalue weighted by molar-refractivity contribution is 6.32. The maximum atomic E-state index is 13.4. The number of anilines is 1. The second-order valence-corrected chi connectivity index (χ2v) is 7.62. The highest BCUT2D eigenvalue weighted by Crippen LogP contribution is 2.30. The molecule has 0 bridgehead atoms. The topological polar surface area (TPSA) is 150 Å². The van der Waals surface area contributed by atoms with Gasteiger partial charge < -0.3 is 15.8 Å². The number of pyridine rings is 1. The van der Waals surface area contributed by atoms with Crippen LogP contribution in [0.2, 0.25) is 5.02 Å². The summed E-state index contributed by atoms with van der Waals surface area (Å²) < 4.78 is 27.8. The number of alkyl halides is 2. The van der Waals surface area contributed by atoms with Crippen molar-refractivity contribution in [3.05, 3.63) is 64.2 Å². The lowest BCUT2D eigenvalue weighted by Crippen LogP contribution is -2.28. The van der Waals surface area contributed by atoms with E-state index in [4.69, 9.17) is 16.8 Å². The first-order valence-corrected chi connectivity index (χ1v) is 10.4. The van der Waals surface area contributed by atoms with Crippen molar-refractivity contribution in [1.82, 2.24) is 30.3 Å². The molecule has 0 aliphatic carbocycles. The molecule has 3 aromatic heterocycles. The number of nitrogens with zero attached hydrogens (tertiary/aromatic N) is 5. The summed E-state index contributed by atoms with van der Waals surface area (Å²) in [6.07, 6.45) is 0.994. The number of oxime groups is 1. The van der Waals surface area contributed by atoms with Crippen LogP contribution in [0.25, 0.3) is 16.7 Å². The minimum Gasteiger partial charge on any atom is -0.411 e. The predicted molar refractivity (Wildman–Crippen MR) is 123 cm³/mol. The number of carbonyl (C=O) groups is 2. The molecule has 14 heteroatoms. The normalized spacial score (nSPS) is 11.5. The fourth-order valence-corrected chi connectivity index (χ4v) is 3.63. The summed E-state index contributed by atoms with van der Waals surface area (Å²) >= 11 is 6.15. The monoisotopic (exact) mass is 502 g/mol. The first-order chi connectivity index (χ1) is 16.8. The minimum atomic E-state index is -2.96. The molecule has 0 spiro atoms. The van der Waals surface area contributed by atoms with E-state index in [1.807, 2.05) is 0 Å². The van der Waals surface area contributed by atoms with E-state index in [0.29, 0.717) is 16.5 Å². The second-order valence-electron chi connectivity index (χ2n) is 7.22. The lowest BCUT2D eigenvalue weighted by Gasteiger charge is -2.15. The van der Waals surface area contributed by atoms with Gasteiger partial charge in [0, 0.05) is 11.6 Å². The van der Waals surface area contributed by atoms with Crippen LogP contribution in [-0.2, 0) is 0 Å². The van der Waals surface area contributed by atoms with Crippen LogP contribution in [0, 0.1) is 6.92 Å². The maximum Gasteiger partial charge on any atom is 0.282 e. The number of nitrogens with one attached hydrogen (secondary N) is 3. The fraction of sp³-hybridized carbons (Fsp3) is 0.143. The quantitative estimate of drug-likeness (QED) is 0.172. The SMILES string of the molecule is Cc1cc2cn[nH]c2c(C(=O)NC/C=N/O)c1NC(=O)c1cc(C(F)F)nn1-c1ncccc1Cl. The highest BCUT2D eigenvalue weighted by Gasteiger charge is 2.26. The number of rotatable bonds is 7. The summed E-state index contributed by atoms with van der Waals surface area (Å²) in [5.74, 6) is -1.46.